The summed E-state index contributed by atoms with van der Waals surface area (Å²) in [6, 6.07) is 18.3. The largest absolute Gasteiger partial charge is 0.385 e. The summed E-state index contributed by atoms with van der Waals surface area (Å²) in [6.45, 7) is 0.724. The van der Waals surface area contributed by atoms with Crippen molar-refractivity contribution in [1.29, 1.82) is 0 Å². The minimum atomic E-state index is -1.79. The zero-order valence-corrected chi connectivity index (χ0v) is 19.3. The number of fused-ring (bicyclic) bond motifs is 1. The second-order valence-electron chi connectivity index (χ2n) is 9.05. The van der Waals surface area contributed by atoms with Gasteiger partial charge in [0.05, 0.1) is 16.9 Å². The summed E-state index contributed by atoms with van der Waals surface area (Å²) in [4.78, 5) is 13.4. The topological polar surface area (TPSA) is 80.2 Å². The van der Waals surface area contributed by atoms with Gasteiger partial charge in [-0.15, -0.1) is 0 Å². The molecule has 1 aliphatic carbocycles. The van der Waals surface area contributed by atoms with E-state index >= 15 is 4.39 Å². The molecule has 5 rings (SSSR count). The third-order valence-corrected chi connectivity index (χ3v) is 7.01. The van der Waals surface area contributed by atoms with Gasteiger partial charge in [-0.2, -0.15) is 5.10 Å². The zero-order chi connectivity index (χ0) is 23.6. The molecule has 7 nitrogen and oxygen atoms in total. The van der Waals surface area contributed by atoms with Gasteiger partial charge in [0.15, 0.2) is 5.67 Å². The molecule has 2 aliphatic rings. The minimum absolute atomic E-state index is 0.109. The lowest BCUT2D eigenvalue weighted by Crippen LogP contribution is -2.61. The molecule has 1 aromatic heterocycles. The number of para-hydroxylation sites is 1. The van der Waals surface area contributed by atoms with Crippen molar-refractivity contribution in [2.45, 2.75) is 36.9 Å². The number of ether oxygens (including phenoxy) is 1. The number of urea groups is 1. The van der Waals surface area contributed by atoms with Crippen LogP contribution < -0.4 is 16.0 Å². The molecule has 2 amide bonds. The summed E-state index contributed by atoms with van der Waals surface area (Å²) in [6.07, 6.45) is 3.07. The number of nitrogens with zero attached hydrogens (tertiary/aromatic N) is 2. The second-order valence-corrected chi connectivity index (χ2v) is 9.05. The van der Waals surface area contributed by atoms with Gasteiger partial charge in [0.25, 0.3) is 0 Å². The molecule has 2 heterocycles. The number of nitrogens with one attached hydrogen (secondary N) is 3. The Kier molecular flexibility index (Phi) is 6.10. The average molecular weight is 464 g/mol. The fraction of sp³-hybridized carbons (Fsp3) is 0.385. The molecule has 3 N–H and O–H groups in total. The van der Waals surface area contributed by atoms with Crippen LogP contribution in [0, 0.1) is 0 Å². The van der Waals surface area contributed by atoms with E-state index in [0.717, 1.165) is 36.2 Å². The first kappa shape index (κ1) is 22.6. The molecule has 1 saturated heterocycles. The van der Waals surface area contributed by atoms with Gasteiger partial charge in [-0.05, 0) is 43.4 Å². The highest BCUT2D eigenvalue weighted by atomic mass is 19.1. The van der Waals surface area contributed by atoms with Gasteiger partial charge in [-0.3, -0.25) is 5.32 Å². The molecule has 8 heteroatoms. The van der Waals surface area contributed by atoms with E-state index in [1.54, 1.807) is 23.9 Å². The number of aryl methyl sites for hydroxylation is 1. The van der Waals surface area contributed by atoms with Crippen LogP contribution in [-0.2, 0) is 23.2 Å². The number of halogens is 1. The number of alkyl halides is 1. The second kappa shape index (κ2) is 9.19. The molecule has 0 spiro atoms. The van der Waals surface area contributed by atoms with E-state index in [2.05, 4.69) is 16.0 Å². The molecule has 3 aromatic rings. The minimum Gasteiger partial charge on any atom is -0.385 e. The number of rotatable bonds is 7. The third kappa shape index (κ3) is 3.86. The monoisotopic (exact) mass is 463 g/mol. The number of benzene rings is 2. The van der Waals surface area contributed by atoms with Crippen LogP contribution in [0.4, 0.5) is 15.0 Å². The molecule has 2 atom stereocenters. The molecule has 2 aromatic carbocycles. The van der Waals surface area contributed by atoms with Gasteiger partial charge in [-0.25, -0.2) is 13.9 Å². The number of hydrogen-bond donors (Lipinski definition) is 3. The number of carbonyl (C=O) groups excluding carboxylic acids is 1. The Bertz CT molecular complexity index is 1150. The van der Waals surface area contributed by atoms with Crippen molar-refractivity contribution in [3.63, 3.8) is 0 Å². The number of aromatic nitrogens is 2. The van der Waals surface area contributed by atoms with Crippen LogP contribution >= 0.6 is 0 Å². The first-order valence-corrected chi connectivity index (χ1v) is 11.8. The molecule has 1 aliphatic heterocycles. The summed E-state index contributed by atoms with van der Waals surface area (Å²) in [5.74, 6) is 0.646. The highest BCUT2D eigenvalue weighted by molar-refractivity contribution is 5.90. The Labute approximate surface area is 198 Å². The van der Waals surface area contributed by atoms with Crippen molar-refractivity contribution in [3.05, 3.63) is 77.5 Å². The summed E-state index contributed by atoms with van der Waals surface area (Å²) in [5.41, 5.74) is 0.490. The van der Waals surface area contributed by atoms with E-state index in [1.165, 1.54) is 0 Å². The highest BCUT2D eigenvalue weighted by Crippen LogP contribution is 2.42. The lowest BCUT2D eigenvalue weighted by molar-refractivity contribution is 0.0511. The lowest BCUT2D eigenvalue weighted by atomic mass is 9.77. The molecule has 1 fully saturated rings. The Balaban J connectivity index is 1.46. The number of hydrogen-bond acceptors (Lipinski definition) is 4. The van der Waals surface area contributed by atoms with Crippen LogP contribution in [0.5, 0.6) is 0 Å². The summed E-state index contributed by atoms with van der Waals surface area (Å²) < 4.78 is 23.8. The van der Waals surface area contributed by atoms with E-state index in [4.69, 9.17) is 9.84 Å². The van der Waals surface area contributed by atoms with Crippen molar-refractivity contribution < 1.29 is 13.9 Å². The molecular weight excluding hydrogens is 433 g/mol. The predicted molar refractivity (Wildman–Crippen MR) is 129 cm³/mol. The first-order valence-electron chi connectivity index (χ1n) is 11.8. The molecule has 34 heavy (non-hydrogen) atoms. The number of amides is 2. The SMILES string of the molecule is COCC[C@@]1(NC(=O)Nc2c3c(nn2-c2ccccc2)CCC3)CNC[C@@]1(F)c1ccccc1. The maximum Gasteiger partial charge on any atom is 0.321 e. The van der Waals surface area contributed by atoms with E-state index in [9.17, 15) is 4.79 Å². The van der Waals surface area contributed by atoms with Crippen LogP contribution in [0.1, 0.15) is 29.7 Å². The van der Waals surface area contributed by atoms with Gasteiger partial charge in [0.2, 0.25) is 0 Å². The van der Waals surface area contributed by atoms with Crippen LogP contribution in [0.2, 0.25) is 0 Å². The third-order valence-electron chi connectivity index (χ3n) is 7.01. The predicted octanol–water partition coefficient (Wildman–Crippen LogP) is 3.73. The van der Waals surface area contributed by atoms with E-state index in [0.29, 0.717) is 31.0 Å². The summed E-state index contributed by atoms with van der Waals surface area (Å²) in [5, 5.41) is 14.0. The van der Waals surface area contributed by atoms with Gasteiger partial charge >= 0.3 is 6.03 Å². The summed E-state index contributed by atoms with van der Waals surface area (Å²) in [7, 11) is 1.58. The van der Waals surface area contributed by atoms with Gasteiger partial charge in [-0.1, -0.05) is 48.5 Å². The zero-order valence-electron chi connectivity index (χ0n) is 19.3. The van der Waals surface area contributed by atoms with Crippen LogP contribution in [0.25, 0.3) is 5.69 Å². The van der Waals surface area contributed by atoms with Crippen LogP contribution in [-0.4, -0.2) is 48.2 Å². The van der Waals surface area contributed by atoms with Gasteiger partial charge in [0, 0.05) is 32.4 Å². The lowest BCUT2D eigenvalue weighted by Gasteiger charge is -2.40. The van der Waals surface area contributed by atoms with Gasteiger partial charge in [0.1, 0.15) is 5.82 Å². The Hall–Kier alpha value is -3.23. The fourth-order valence-electron chi connectivity index (χ4n) is 5.24. The maximum atomic E-state index is 16.7. The standard InChI is InChI=1S/C26H30FN5O2/c1-34-16-15-25(17-28-18-26(25,27)19-9-4-2-5-10-19)30-24(33)29-23-21-13-8-14-22(21)31-32(23)20-11-6-3-7-12-20/h2-7,9-12,28H,8,13-18H2,1H3,(H2,29,30,33)/t25-,26-/m1/s1. The molecule has 178 valence electrons. The molecule has 0 saturated carbocycles. The molecule has 0 unspecified atom stereocenters. The number of carbonyl (C=O) groups is 1. The normalized spacial score (nSPS) is 23.6. The fourth-order valence-corrected chi connectivity index (χ4v) is 5.24. The quantitative estimate of drug-likeness (QED) is 0.499. The number of methoxy groups -OCH3 is 1. The first-order chi connectivity index (χ1) is 16.6. The van der Waals surface area contributed by atoms with E-state index < -0.39 is 17.2 Å². The van der Waals surface area contributed by atoms with E-state index in [1.807, 2.05) is 48.5 Å². The van der Waals surface area contributed by atoms with Crippen molar-refractivity contribution in [2.75, 3.05) is 32.1 Å². The molecule has 0 bridgehead atoms. The van der Waals surface area contributed by atoms with E-state index in [-0.39, 0.29) is 6.54 Å². The molecule has 0 radical (unpaired) electrons. The average Bonchev–Trinajstić information content (AvgIpc) is 3.54. The van der Waals surface area contributed by atoms with Crippen molar-refractivity contribution in [1.82, 2.24) is 20.4 Å². The highest BCUT2D eigenvalue weighted by Gasteiger charge is 2.57. The smallest absolute Gasteiger partial charge is 0.321 e. The Morgan fingerprint density at radius 1 is 1.12 bits per heavy atom. The Morgan fingerprint density at radius 3 is 2.59 bits per heavy atom. The summed E-state index contributed by atoms with van der Waals surface area (Å²) >= 11 is 0. The van der Waals surface area contributed by atoms with Gasteiger partial charge < -0.3 is 15.4 Å². The number of anilines is 1. The Morgan fingerprint density at radius 2 is 1.85 bits per heavy atom. The maximum absolute atomic E-state index is 16.7. The van der Waals surface area contributed by atoms with Crippen LogP contribution in [0.3, 0.4) is 0 Å². The van der Waals surface area contributed by atoms with Crippen molar-refractivity contribution in [3.8, 4) is 5.69 Å². The van der Waals surface area contributed by atoms with Crippen LogP contribution in [0.15, 0.2) is 60.7 Å². The van der Waals surface area contributed by atoms with Crippen molar-refractivity contribution in [2.24, 2.45) is 0 Å². The molecular formula is C26H30FN5O2. The van der Waals surface area contributed by atoms with Crippen molar-refractivity contribution >= 4 is 11.8 Å².